The van der Waals surface area contributed by atoms with Crippen LogP contribution in [0.1, 0.15) is 15.9 Å². The minimum Gasteiger partial charge on any atom is -0.348 e. The van der Waals surface area contributed by atoms with Gasteiger partial charge in [0.05, 0.1) is 16.2 Å². The second kappa shape index (κ2) is 8.55. The number of carbonyl (C=O) groups excluding carboxylic acids is 2. The van der Waals surface area contributed by atoms with Crippen molar-refractivity contribution in [3.05, 3.63) is 53.6 Å². The van der Waals surface area contributed by atoms with Crippen molar-refractivity contribution in [3.63, 3.8) is 0 Å². The summed E-state index contributed by atoms with van der Waals surface area (Å²) in [4.78, 5) is 26.5. The van der Waals surface area contributed by atoms with Crippen molar-refractivity contribution < 1.29 is 18.0 Å². The first kappa shape index (κ1) is 20.9. The highest BCUT2D eigenvalue weighted by Crippen LogP contribution is 2.25. The molecule has 7 nitrogen and oxygen atoms in total. The quantitative estimate of drug-likeness (QED) is 0.713. The number of hydrogen-bond donors (Lipinski definition) is 2. The monoisotopic (exact) mass is 407 g/mol. The van der Waals surface area contributed by atoms with Gasteiger partial charge in [-0.2, -0.15) is 0 Å². The zero-order valence-corrected chi connectivity index (χ0v) is 16.9. The number of nitrogens with two attached hydrogens (primary N) is 1. The number of benzene rings is 2. The number of nitrogens with one attached hydrogen (secondary N) is 1. The van der Waals surface area contributed by atoms with E-state index in [4.69, 9.17) is 5.14 Å². The zero-order chi connectivity index (χ0) is 20.2. The molecular weight excluding hydrogens is 386 g/mol. The Morgan fingerprint density at radius 2 is 1.81 bits per heavy atom. The van der Waals surface area contributed by atoms with E-state index >= 15 is 0 Å². The average Bonchev–Trinajstić information content (AvgIpc) is 2.60. The van der Waals surface area contributed by atoms with E-state index in [0.717, 1.165) is 0 Å². The average molecular weight is 408 g/mol. The molecule has 144 valence electrons. The third-order valence-electron chi connectivity index (χ3n) is 3.73. The molecule has 0 radical (unpaired) electrons. The Hall–Kier alpha value is -2.36. The first-order chi connectivity index (χ1) is 12.6. The minimum atomic E-state index is -3.89. The molecule has 2 rings (SSSR count). The van der Waals surface area contributed by atoms with Crippen LogP contribution in [0.25, 0.3) is 0 Å². The first-order valence-corrected chi connectivity index (χ1v) is 10.5. The summed E-state index contributed by atoms with van der Waals surface area (Å²) in [6.07, 6.45) is 0. The van der Waals surface area contributed by atoms with Crippen LogP contribution < -0.4 is 10.5 Å². The van der Waals surface area contributed by atoms with Crippen molar-refractivity contribution in [1.29, 1.82) is 0 Å². The van der Waals surface area contributed by atoms with Gasteiger partial charge in [-0.05, 0) is 36.8 Å². The number of carbonyl (C=O) groups is 2. The molecular formula is C18H21N3O4S2. The number of thioether (sulfide) groups is 1. The van der Waals surface area contributed by atoms with Gasteiger partial charge in [0, 0.05) is 24.7 Å². The third-order valence-corrected chi connectivity index (χ3v) is 5.85. The molecule has 2 aromatic rings. The van der Waals surface area contributed by atoms with Crippen LogP contribution in [0.3, 0.4) is 0 Å². The molecule has 0 aliphatic heterocycles. The van der Waals surface area contributed by atoms with Crippen LogP contribution in [0, 0.1) is 6.92 Å². The van der Waals surface area contributed by atoms with Crippen molar-refractivity contribution in [2.75, 3.05) is 25.2 Å². The van der Waals surface area contributed by atoms with E-state index in [1.165, 1.54) is 22.7 Å². The van der Waals surface area contributed by atoms with Gasteiger partial charge in [0.2, 0.25) is 15.9 Å². The van der Waals surface area contributed by atoms with E-state index in [2.05, 4.69) is 5.32 Å². The number of hydrogen-bond acceptors (Lipinski definition) is 5. The fourth-order valence-corrected chi connectivity index (χ4v) is 4.07. The SMILES string of the molecule is Cc1ccc(NC(=O)c2ccccc2SCC(=O)N(C)C)cc1S(N)(=O)=O. The van der Waals surface area contributed by atoms with E-state index in [1.54, 1.807) is 57.4 Å². The van der Waals surface area contributed by atoms with Gasteiger partial charge in [0.25, 0.3) is 5.91 Å². The van der Waals surface area contributed by atoms with Crippen LogP contribution >= 0.6 is 11.8 Å². The molecule has 0 saturated carbocycles. The van der Waals surface area contributed by atoms with Crippen LogP contribution in [0.4, 0.5) is 5.69 Å². The van der Waals surface area contributed by atoms with Crippen LogP contribution in [-0.4, -0.2) is 45.0 Å². The van der Waals surface area contributed by atoms with Gasteiger partial charge in [-0.3, -0.25) is 9.59 Å². The van der Waals surface area contributed by atoms with Crippen LogP contribution in [0.15, 0.2) is 52.3 Å². The molecule has 3 N–H and O–H groups in total. The third kappa shape index (κ3) is 5.56. The van der Waals surface area contributed by atoms with E-state index in [9.17, 15) is 18.0 Å². The molecule has 9 heteroatoms. The molecule has 0 saturated heterocycles. The Morgan fingerprint density at radius 3 is 2.44 bits per heavy atom. The summed E-state index contributed by atoms with van der Waals surface area (Å²) in [6.45, 7) is 1.62. The highest BCUT2D eigenvalue weighted by atomic mass is 32.2. The summed E-state index contributed by atoms with van der Waals surface area (Å²) >= 11 is 1.26. The maximum Gasteiger partial charge on any atom is 0.256 e. The molecule has 0 unspecified atom stereocenters. The zero-order valence-electron chi connectivity index (χ0n) is 15.2. The molecule has 2 aromatic carbocycles. The lowest BCUT2D eigenvalue weighted by molar-refractivity contribution is -0.125. The lowest BCUT2D eigenvalue weighted by Gasteiger charge is -2.13. The van der Waals surface area contributed by atoms with Gasteiger partial charge < -0.3 is 10.2 Å². The Balaban J connectivity index is 2.23. The molecule has 0 bridgehead atoms. The lowest BCUT2D eigenvalue weighted by atomic mass is 10.2. The molecule has 0 aliphatic carbocycles. The number of anilines is 1. The van der Waals surface area contributed by atoms with Crippen molar-refractivity contribution in [2.45, 2.75) is 16.7 Å². The number of amides is 2. The second-order valence-corrected chi connectivity index (χ2v) is 8.60. The molecule has 0 spiro atoms. The van der Waals surface area contributed by atoms with Gasteiger partial charge in [0.1, 0.15) is 0 Å². The Bertz CT molecular complexity index is 972. The van der Waals surface area contributed by atoms with Crippen LogP contribution in [0.5, 0.6) is 0 Å². The number of aryl methyl sites for hydroxylation is 1. The second-order valence-electron chi connectivity index (χ2n) is 6.05. The Kier molecular flexibility index (Phi) is 6.63. The van der Waals surface area contributed by atoms with Crippen LogP contribution in [-0.2, 0) is 14.8 Å². The minimum absolute atomic E-state index is 0.0421. The first-order valence-electron chi connectivity index (χ1n) is 7.96. The molecule has 2 amide bonds. The molecule has 0 heterocycles. The number of nitrogens with zero attached hydrogens (tertiary/aromatic N) is 1. The maximum absolute atomic E-state index is 12.7. The number of primary sulfonamides is 1. The van der Waals surface area contributed by atoms with E-state index < -0.39 is 15.9 Å². The largest absolute Gasteiger partial charge is 0.348 e. The molecule has 0 aromatic heterocycles. The van der Waals surface area contributed by atoms with E-state index in [1.807, 2.05) is 0 Å². The summed E-state index contributed by atoms with van der Waals surface area (Å²) in [7, 11) is -0.551. The molecule has 0 atom stereocenters. The number of sulfonamides is 1. The van der Waals surface area contributed by atoms with Gasteiger partial charge in [-0.1, -0.05) is 18.2 Å². The predicted molar refractivity (Wildman–Crippen MR) is 106 cm³/mol. The van der Waals surface area contributed by atoms with Crippen molar-refractivity contribution in [1.82, 2.24) is 4.90 Å². The Morgan fingerprint density at radius 1 is 1.15 bits per heavy atom. The summed E-state index contributed by atoms with van der Waals surface area (Å²) in [5, 5.41) is 7.89. The van der Waals surface area contributed by atoms with Gasteiger partial charge >= 0.3 is 0 Å². The molecule has 0 fully saturated rings. The van der Waals surface area contributed by atoms with Crippen LogP contribution in [0.2, 0.25) is 0 Å². The predicted octanol–water partition coefficient (Wildman–Crippen LogP) is 2.08. The standard InChI is InChI=1S/C18H21N3O4S2/c1-12-8-9-13(10-16(12)27(19,24)25)20-18(23)14-6-4-5-7-15(14)26-11-17(22)21(2)3/h4-10H,11H2,1-3H3,(H,20,23)(H2,19,24,25). The summed E-state index contributed by atoms with van der Waals surface area (Å²) in [5.74, 6) is -0.261. The lowest BCUT2D eigenvalue weighted by Crippen LogP contribution is -2.23. The van der Waals surface area contributed by atoms with Crippen molar-refractivity contribution >= 4 is 39.3 Å². The molecule has 27 heavy (non-hydrogen) atoms. The fraction of sp³-hybridized carbons (Fsp3) is 0.222. The summed E-state index contributed by atoms with van der Waals surface area (Å²) in [6, 6.07) is 11.4. The maximum atomic E-state index is 12.7. The fourth-order valence-electron chi connectivity index (χ4n) is 2.23. The van der Waals surface area contributed by atoms with E-state index in [0.29, 0.717) is 21.7 Å². The van der Waals surface area contributed by atoms with Crippen molar-refractivity contribution in [3.8, 4) is 0 Å². The van der Waals surface area contributed by atoms with Gasteiger partial charge in [-0.25, -0.2) is 13.6 Å². The normalized spacial score (nSPS) is 11.1. The summed E-state index contributed by atoms with van der Waals surface area (Å²) in [5.41, 5.74) is 1.21. The van der Waals surface area contributed by atoms with E-state index in [-0.39, 0.29) is 16.6 Å². The highest BCUT2D eigenvalue weighted by molar-refractivity contribution is 8.00. The van der Waals surface area contributed by atoms with Gasteiger partial charge in [-0.15, -0.1) is 11.8 Å². The topological polar surface area (TPSA) is 110 Å². The smallest absolute Gasteiger partial charge is 0.256 e. The van der Waals surface area contributed by atoms with Gasteiger partial charge in [0.15, 0.2) is 0 Å². The Labute approximate surface area is 163 Å². The highest BCUT2D eigenvalue weighted by Gasteiger charge is 2.16. The summed E-state index contributed by atoms with van der Waals surface area (Å²) < 4.78 is 23.3. The number of rotatable bonds is 6. The molecule has 0 aliphatic rings. The van der Waals surface area contributed by atoms with Crippen molar-refractivity contribution in [2.24, 2.45) is 5.14 Å².